The lowest BCUT2D eigenvalue weighted by atomic mass is 9.97. The Bertz CT molecular complexity index is 1910. The Morgan fingerprint density at radius 3 is 2.31 bits per heavy atom. The molecule has 14 heteroatoms. The fourth-order valence-corrected chi connectivity index (χ4v) is 6.57. The molecule has 51 heavy (non-hydrogen) atoms. The summed E-state index contributed by atoms with van der Waals surface area (Å²) in [7, 11) is 0. The minimum absolute atomic E-state index is 0.00313. The maximum absolute atomic E-state index is 13.4. The predicted molar refractivity (Wildman–Crippen MR) is 189 cm³/mol. The molecule has 0 saturated carbocycles. The molecule has 2 aliphatic rings. The fraction of sp³-hybridized carbons (Fsp3) is 0.324. The summed E-state index contributed by atoms with van der Waals surface area (Å²) in [5.41, 5.74) is 5.26. The molecule has 2 aliphatic heterocycles. The number of carbonyl (C=O) groups excluding carboxylic acids is 3. The smallest absolute Gasteiger partial charge is 0.387 e. The zero-order valence-corrected chi connectivity index (χ0v) is 28.7. The molecule has 3 amide bonds. The van der Waals surface area contributed by atoms with E-state index < -0.39 is 6.61 Å². The Labute approximate surface area is 298 Å². The quantitative estimate of drug-likeness (QED) is 0.117. The monoisotopic (exact) mass is 717 g/mol. The number of anilines is 1. The summed E-state index contributed by atoms with van der Waals surface area (Å²) in [6.45, 7) is 0.805. The number of aromatic nitrogens is 2. The van der Waals surface area contributed by atoms with E-state index >= 15 is 0 Å². The molecule has 4 aromatic rings. The number of ether oxygens (including phenoxy) is 1. The third-order valence-electron chi connectivity index (χ3n) is 8.97. The molecule has 0 spiro atoms. The predicted octanol–water partition coefficient (Wildman–Crippen LogP) is 5.36. The first-order valence-corrected chi connectivity index (χ1v) is 17.1. The standard InChI is InChI=1S/C37H38ClF2N7O4/c1-21-27(3-2-4-29(21)47-36(50)30-10-5-22(17-44-30)16-41-19-25-8-11-32(48)45-25)28-13-14-43-35(34(28)38)23-6-7-24(31(15-23)51-37(39)40)18-42-20-26-9-12-33(49)46-26/h2-7,10,13-15,17,25-26,37,41-42H,8-9,11-12,16,18-20H2,1H3,(H,45,48)(H,46,49)(H,47,50)/t25-,26-/m1/s1. The number of pyridine rings is 2. The van der Waals surface area contributed by atoms with Gasteiger partial charge < -0.3 is 31.3 Å². The van der Waals surface area contributed by atoms with Crippen LogP contribution in [0.3, 0.4) is 0 Å². The van der Waals surface area contributed by atoms with E-state index in [-0.39, 0.29) is 47.8 Å². The van der Waals surface area contributed by atoms with Crippen molar-refractivity contribution in [3.63, 3.8) is 0 Å². The van der Waals surface area contributed by atoms with E-state index in [9.17, 15) is 23.2 Å². The van der Waals surface area contributed by atoms with Gasteiger partial charge in [-0.1, -0.05) is 41.9 Å². The van der Waals surface area contributed by atoms with E-state index in [4.69, 9.17) is 16.3 Å². The lowest BCUT2D eigenvalue weighted by Crippen LogP contribution is -2.35. The summed E-state index contributed by atoms with van der Waals surface area (Å²) in [4.78, 5) is 44.9. The van der Waals surface area contributed by atoms with Gasteiger partial charge in [0.15, 0.2) is 0 Å². The van der Waals surface area contributed by atoms with Crippen LogP contribution >= 0.6 is 11.6 Å². The van der Waals surface area contributed by atoms with E-state index in [0.29, 0.717) is 65.6 Å². The number of hydrogen-bond acceptors (Lipinski definition) is 8. The van der Waals surface area contributed by atoms with Gasteiger partial charge in [-0.25, -0.2) is 0 Å². The van der Waals surface area contributed by atoms with Crippen molar-refractivity contribution in [2.45, 2.75) is 64.4 Å². The minimum Gasteiger partial charge on any atom is -0.434 e. The van der Waals surface area contributed by atoms with E-state index in [1.54, 1.807) is 48.8 Å². The average Bonchev–Trinajstić information content (AvgIpc) is 3.73. The van der Waals surface area contributed by atoms with Gasteiger partial charge in [0, 0.05) is 85.9 Å². The summed E-state index contributed by atoms with van der Waals surface area (Å²) in [6, 6.07) is 15.8. The van der Waals surface area contributed by atoms with Gasteiger partial charge in [0.05, 0.1) is 10.7 Å². The van der Waals surface area contributed by atoms with Crippen LogP contribution in [0.25, 0.3) is 22.4 Å². The third-order valence-corrected chi connectivity index (χ3v) is 9.35. The number of halogens is 3. The first-order chi connectivity index (χ1) is 24.6. The molecule has 266 valence electrons. The van der Waals surface area contributed by atoms with Gasteiger partial charge >= 0.3 is 6.61 Å². The largest absolute Gasteiger partial charge is 0.434 e. The van der Waals surface area contributed by atoms with E-state index in [2.05, 4.69) is 36.6 Å². The molecule has 0 unspecified atom stereocenters. The van der Waals surface area contributed by atoms with Crippen LogP contribution in [0.15, 0.2) is 67.0 Å². The van der Waals surface area contributed by atoms with Gasteiger partial charge in [0.1, 0.15) is 11.4 Å². The van der Waals surface area contributed by atoms with Gasteiger partial charge in [-0.2, -0.15) is 8.78 Å². The van der Waals surface area contributed by atoms with Crippen LogP contribution in [0, 0.1) is 6.92 Å². The van der Waals surface area contributed by atoms with Crippen molar-refractivity contribution in [3.05, 3.63) is 94.4 Å². The number of benzene rings is 2. The number of nitrogens with one attached hydrogen (secondary N) is 5. The Balaban J connectivity index is 1.14. The van der Waals surface area contributed by atoms with E-state index in [0.717, 1.165) is 29.5 Å². The molecule has 2 atom stereocenters. The minimum atomic E-state index is -3.04. The number of nitrogens with zero attached hydrogens (tertiary/aromatic N) is 2. The zero-order valence-electron chi connectivity index (χ0n) is 27.9. The highest BCUT2D eigenvalue weighted by Gasteiger charge is 2.22. The second-order valence-corrected chi connectivity index (χ2v) is 13.0. The molecule has 2 aromatic carbocycles. The number of alkyl halides is 2. The highest BCUT2D eigenvalue weighted by atomic mass is 35.5. The van der Waals surface area contributed by atoms with E-state index in [1.807, 2.05) is 19.1 Å². The summed E-state index contributed by atoms with van der Waals surface area (Å²) in [5.74, 6) is -0.305. The summed E-state index contributed by atoms with van der Waals surface area (Å²) in [6.07, 6.45) is 5.80. The van der Waals surface area contributed by atoms with Crippen molar-refractivity contribution in [3.8, 4) is 28.1 Å². The second-order valence-electron chi connectivity index (χ2n) is 12.6. The molecule has 6 rings (SSSR count). The van der Waals surface area contributed by atoms with Crippen molar-refractivity contribution in [1.29, 1.82) is 0 Å². The molecule has 11 nitrogen and oxygen atoms in total. The van der Waals surface area contributed by atoms with Crippen molar-refractivity contribution in [1.82, 2.24) is 31.2 Å². The lowest BCUT2D eigenvalue weighted by molar-refractivity contribution is -0.120. The molecule has 2 fully saturated rings. The van der Waals surface area contributed by atoms with Crippen LogP contribution in [-0.4, -0.2) is 59.5 Å². The second kappa shape index (κ2) is 16.4. The maximum atomic E-state index is 13.4. The molecule has 2 aromatic heterocycles. The molecular weight excluding hydrogens is 680 g/mol. The average molecular weight is 718 g/mol. The van der Waals surface area contributed by atoms with Gasteiger partial charge in [0.25, 0.3) is 5.91 Å². The van der Waals surface area contributed by atoms with Crippen molar-refractivity contribution < 1.29 is 27.9 Å². The first-order valence-electron chi connectivity index (χ1n) is 16.7. The molecule has 0 aliphatic carbocycles. The number of carbonyl (C=O) groups is 3. The van der Waals surface area contributed by atoms with Crippen LogP contribution in [0.5, 0.6) is 5.75 Å². The van der Waals surface area contributed by atoms with Crippen LogP contribution in [0.1, 0.15) is 52.9 Å². The normalized spacial score (nSPS) is 17.0. The van der Waals surface area contributed by atoms with Crippen molar-refractivity contribution in [2.24, 2.45) is 0 Å². The summed E-state index contributed by atoms with van der Waals surface area (Å²) >= 11 is 6.94. The topological polar surface area (TPSA) is 146 Å². The van der Waals surface area contributed by atoms with Gasteiger partial charge in [0.2, 0.25) is 11.8 Å². The number of rotatable bonds is 14. The number of hydrogen-bond donors (Lipinski definition) is 5. The molecule has 0 bridgehead atoms. The van der Waals surface area contributed by atoms with Crippen LogP contribution in [0.2, 0.25) is 5.02 Å². The highest BCUT2D eigenvalue weighted by molar-refractivity contribution is 6.35. The summed E-state index contributed by atoms with van der Waals surface area (Å²) in [5, 5.41) is 15.6. The zero-order chi connectivity index (χ0) is 35.9. The van der Waals surface area contributed by atoms with Gasteiger partial charge in [-0.05, 0) is 60.7 Å². The Hall–Kier alpha value is -4.98. The van der Waals surface area contributed by atoms with Crippen LogP contribution in [0.4, 0.5) is 14.5 Å². The van der Waals surface area contributed by atoms with Gasteiger partial charge in [-0.15, -0.1) is 0 Å². The first kappa shape index (κ1) is 35.8. The molecule has 4 heterocycles. The van der Waals surface area contributed by atoms with Crippen molar-refractivity contribution >= 4 is 35.0 Å². The Morgan fingerprint density at radius 1 is 0.941 bits per heavy atom. The summed E-state index contributed by atoms with van der Waals surface area (Å²) < 4.78 is 31.7. The van der Waals surface area contributed by atoms with Crippen molar-refractivity contribution in [2.75, 3.05) is 18.4 Å². The number of amides is 3. The molecular formula is C37H38ClF2N7O4. The lowest BCUT2D eigenvalue weighted by Gasteiger charge is -2.17. The van der Waals surface area contributed by atoms with Gasteiger partial charge in [-0.3, -0.25) is 24.4 Å². The molecule has 2 saturated heterocycles. The Morgan fingerprint density at radius 2 is 1.67 bits per heavy atom. The Kier molecular flexibility index (Phi) is 11.5. The highest BCUT2D eigenvalue weighted by Crippen LogP contribution is 2.39. The SMILES string of the molecule is Cc1c(NC(=O)c2ccc(CNC[C@H]3CCC(=O)N3)cn2)cccc1-c1ccnc(-c2ccc(CNC[C@H]3CCC(=O)N3)c(OC(F)F)c2)c1Cl. The van der Waals surface area contributed by atoms with Crippen LogP contribution in [-0.2, 0) is 22.7 Å². The maximum Gasteiger partial charge on any atom is 0.387 e. The van der Waals surface area contributed by atoms with Crippen LogP contribution < -0.4 is 31.3 Å². The molecule has 5 N–H and O–H groups in total. The fourth-order valence-electron chi connectivity index (χ4n) is 6.25. The van der Waals surface area contributed by atoms with E-state index in [1.165, 1.54) is 6.07 Å². The third kappa shape index (κ3) is 9.04. The molecule has 0 radical (unpaired) electrons.